The Balaban J connectivity index is 1.98. The first-order valence-electron chi connectivity index (χ1n) is 9.07. The van der Waals surface area contributed by atoms with E-state index < -0.39 is 38.0 Å². The molecule has 0 heterocycles. The van der Waals surface area contributed by atoms with Crippen molar-refractivity contribution in [3.8, 4) is 0 Å². The summed E-state index contributed by atoms with van der Waals surface area (Å²) in [6, 6.07) is 17.8. The van der Waals surface area contributed by atoms with E-state index >= 15 is 0 Å². The summed E-state index contributed by atoms with van der Waals surface area (Å²) in [6.07, 6.45) is 0. The first-order chi connectivity index (χ1) is 14.7. The summed E-state index contributed by atoms with van der Waals surface area (Å²) in [5.74, 6) is -0.633. The van der Waals surface area contributed by atoms with E-state index in [2.05, 4.69) is 5.32 Å². The summed E-state index contributed by atoms with van der Waals surface area (Å²) in [7, 11) is -4.43. The Labute approximate surface area is 184 Å². The molecule has 3 aromatic rings. The average Bonchev–Trinajstić information content (AvgIpc) is 2.75. The molecule has 0 aliphatic heterocycles. The number of halogens is 1. The molecule has 0 unspecified atom stereocenters. The standard InChI is InChI=1S/C21H18ClN3O5S/c1-15-11-12-16(13-18(15)22)23-21(26)14-24(17-7-3-2-4-8-17)31(29,30)20-10-6-5-9-19(20)25(27)28/h2-13H,14H2,1H3,(H,23,26). The van der Waals surface area contributed by atoms with Gasteiger partial charge in [-0.2, -0.15) is 0 Å². The highest BCUT2D eigenvalue weighted by atomic mass is 35.5. The molecular weight excluding hydrogens is 442 g/mol. The minimum absolute atomic E-state index is 0.192. The van der Waals surface area contributed by atoms with Gasteiger partial charge < -0.3 is 5.32 Å². The van der Waals surface area contributed by atoms with E-state index in [1.165, 1.54) is 24.3 Å². The summed E-state index contributed by atoms with van der Waals surface area (Å²) in [6.45, 7) is 1.22. The van der Waals surface area contributed by atoms with Gasteiger partial charge in [0.15, 0.2) is 4.90 Å². The van der Waals surface area contributed by atoms with Gasteiger partial charge in [-0.3, -0.25) is 19.2 Å². The quantitative estimate of drug-likeness (QED) is 0.416. The fourth-order valence-electron chi connectivity index (χ4n) is 2.86. The molecule has 0 aromatic heterocycles. The number of aryl methyl sites for hydroxylation is 1. The lowest BCUT2D eigenvalue weighted by molar-refractivity contribution is -0.387. The molecule has 1 N–H and O–H groups in total. The first-order valence-corrected chi connectivity index (χ1v) is 10.9. The van der Waals surface area contributed by atoms with Crippen molar-refractivity contribution in [2.24, 2.45) is 0 Å². The summed E-state index contributed by atoms with van der Waals surface area (Å²) < 4.78 is 27.6. The van der Waals surface area contributed by atoms with Crippen molar-refractivity contribution in [1.82, 2.24) is 0 Å². The molecule has 8 nitrogen and oxygen atoms in total. The number of benzene rings is 3. The Morgan fingerprint density at radius 2 is 1.71 bits per heavy atom. The number of rotatable bonds is 7. The van der Waals surface area contributed by atoms with E-state index in [1.807, 2.05) is 6.92 Å². The van der Waals surface area contributed by atoms with Crippen molar-refractivity contribution in [3.05, 3.63) is 93.5 Å². The maximum absolute atomic E-state index is 13.4. The monoisotopic (exact) mass is 459 g/mol. The third-order valence-corrected chi connectivity index (χ3v) is 6.65. The van der Waals surface area contributed by atoms with Crippen LogP contribution in [0.5, 0.6) is 0 Å². The number of amides is 1. The number of carbonyl (C=O) groups excluding carboxylic acids is 1. The zero-order chi connectivity index (χ0) is 22.6. The largest absolute Gasteiger partial charge is 0.324 e. The summed E-state index contributed by atoms with van der Waals surface area (Å²) in [5, 5.41) is 14.4. The highest BCUT2D eigenvalue weighted by Crippen LogP contribution is 2.30. The molecule has 0 saturated carbocycles. The predicted molar refractivity (Wildman–Crippen MR) is 119 cm³/mol. The number of anilines is 2. The summed E-state index contributed by atoms with van der Waals surface area (Å²) in [4.78, 5) is 22.8. The fourth-order valence-corrected chi connectivity index (χ4v) is 4.62. The Kier molecular flexibility index (Phi) is 6.57. The number of carbonyl (C=O) groups is 1. The van der Waals surface area contributed by atoms with Crippen LogP contribution < -0.4 is 9.62 Å². The molecule has 3 aromatic carbocycles. The lowest BCUT2D eigenvalue weighted by Crippen LogP contribution is -2.38. The number of nitro groups is 1. The molecule has 0 atom stereocenters. The van der Waals surface area contributed by atoms with Crippen molar-refractivity contribution < 1.29 is 18.1 Å². The molecule has 0 spiro atoms. The molecule has 10 heteroatoms. The Morgan fingerprint density at radius 3 is 2.35 bits per heavy atom. The minimum Gasteiger partial charge on any atom is -0.324 e. The third-order valence-electron chi connectivity index (χ3n) is 4.42. The van der Waals surface area contributed by atoms with Crippen LogP contribution in [-0.4, -0.2) is 25.8 Å². The van der Waals surface area contributed by atoms with Crippen LogP contribution >= 0.6 is 11.6 Å². The van der Waals surface area contributed by atoms with Crippen LogP contribution in [0.25, 0.3) is 0 Å². The molecule has 160 valence electrons. The van der Waals surface area contributed by atoms with Crippen molar-refractivity contribution in [1.29, 1.82) is 0 Å². The number of hydrogen-bond donors (Lipinski definition) is 1. The van der Waals surface area contributed by atoms with Gasteiger partial charge in [-0.15, -0.1) is 0 Å². The number of nitro benzene ring substituents is 1. The topological polar surface area (TPSA) is 110 Å². The van der Waals surface area contributed by atoms with E-state index in [0.717, 1.165) is 22.0 Å². The van der Waals surface area contributed by atoms with Crippen LogP contribution in [-0.2, 0) is 14.8 Å². The zero-order valence-electron chi connectivity index (χ0n) is 16.4. The first kappa shape index (κ1) is 22.3. The number of hydrogen-bond acceptors (Lipinski definition) is 5. The lowest BCUT2D eigenvalue weighted by atomic mass is 10.2. The van der Waals surface area contributed by atoms with Gasteiger partial charge in [0, 0.05) is 16.8 Å². The molecule has 3 rings (SSSR count). The maximum Gasteiger partial charge on any atom is 0.289 e. The van der Waals surface area contributed by atoms with Crippen molar-refractivity contribution >= 4 is 44.6 Å². The maximum atomic E-state index is 13.4. The number of nitrogens with zero attached hydrogens (tertiary/aromatic N) is 2. The lowest BCUT2D eigenvalue weighted by Gasteiger charge is -2.24. The van der Waals surface area contributed by atoms with Crippen LogP contribution in [0.1, 0.15) is 5.56 Å². The zero-order valence-corrected chi connectivity index (χ0v) is 17.9. The molecule has 0 aliphatic rings. The second-order valence-corrected chi connectivity index (χ2v) is 8.82. The molecule has 0 bridgehead atoms. The van der Waals surface area contributed by atoms with Crippen molar-refractivity contribution in [3.63, 3.8) is 0 Å². The molecule has 1 amide bonds. The minimum atomic E-state index is -4.43. The fraction of sp³-hybridized carbons (Fsp3) is 0.0952. The van der Waals surface area contributed by atoms with Crippen molar-refractivity contribution in [2.75, 3.05) is 16.2 Å². The van der Waals surface area contributed by atoms with E-state index in [0.29, 0.717) is 10.7 Å². The SMILES string of the molecule is Cc1ccc(NC(=O)CN(c2ccccc2)S(=O)(=O)c2ccccc2[N+](=O)[O-])cc1Cl. The van der Waals surface area contributed by atoms with E-state index in [1.54, 1.807) is 36.4 Å². The Hall–Kier alpha value is -3.43. The number of nitrogens with one attached hydrogen (secondary N) is 1. The van der Waals surface area contributed by atoms with Crippen LogP contribution in [0, 0.1) is 17.0 Å². The second kappa shape index (κ2) is 9.15. The van der Waals surface area contributed by atoms with E-state index in [-0.39, 0.29) is 5.69 Å². The van der Waals surface area contributed by atoms with Crippen LogP contribution in [0.4, 0.5) is 17.1 Å². The van der Waals surface area contributed by atoms with Crippen LogP contribution in [0.3, 0.4) is 0 Å². The molecule has 0 aliphatic carbocycles. The summed E-state index contributed by atoms with van der Waals surface area (Å²) in [5.41, 5.74) is 0.841. The smallest absolute Gasteiger partial charge is 0.289 e. The number of sulfonamides is 1. The average molecular weight is 460 g/mol. The van der Waals surface area contributed by atoms with Gasteiger partial charge in [-0.25, -0.2) is 8.42 Å². The van der Waals surface area contributed by atoms with Gasteiger partial charge >= 0.3 is 0 Å². The molecular formula is C21H18ClN3O5S. The number of para-hydroxylation sites is 2. The predicted octanol–water partition coefficient (Wildman–Crippen LogP) is 4.39. The third kappa shape index (κ3) is 5.01. The second-order valence-electron chi connectivity index (χ2n) is 6.58. The highest BCUT2D eigenvalue weighted by Gasteiger charge is 2.33. The van der Waals surface area contributed by atoms with Crippen LogP contribution in [0.2, 0.25) is 5.02 Å². The molecule has 31 heavy (non-hydrogen) atoms. The normalized spacial score (nSPS) is 11.0. The molecule has 0 fully saturated rings. The molecule has 0 radical (unpaired) electrons. The van der Waals surface area contributed by atoms with Gasteiger partial charge in [-0.1, -0.05) is 48.0 Å². The van der Waals surface area contributed by atoms with Crippen molar-refractivity contribution in [2.45, 2.75) is 11.8 Å². The molecule has 0 saturated heterocycles. The van der Waals surface area contributed by atoms with Gasteiger partial charge in [0.25, 0.3) is 15.7 Å². The highest BCUT2D eigenvalue weighted by molar-refractivity contribution is 7.93. The van der Waals surface area contributed by atoms with E-state index in [4.69, 9.17) is 11.6 Å². The van der Waals surface area contributed by atoms with Gasteiger partial charge in [0.1, 0.15) is 6.54 Å². The van der Waals surface area contributed by atoms with Gasteiger partial charge in [0.2, 0.25) is 5.91 Å². The van der Waals surface area contributed by atoms with Gasteiger partial charge in [-0.05, 0) is 42.8 Å². The van der Waals surface area contributed by atoms with E-state index in [9.17, 15) is 23.3 Å². The van der Waals surface area contributed by atoms with Crippen LogP contribution in [0.15, 0.2) is 77.7 Å². The Morgan fingerprint density at radius 1 is 1.06 bits per heavy atom. The summed E-state index contributed by atoms with van der Waals surface area (Å²) >= 11 is 6.08. The Bertz CT molecular complexity index is 1230. The van der Waals surface area contributed by atoms with Gasteiger partial charge in [0.05, 0.1) is 10.6 Å².